The summed E-state index contributed by atoms with van der Waals surface area (Å²) >= 11 is 12.3. The lowest BCUT2D eigenvalue weighted by molar-refractivity contribution is 0.621. The molecule has 26 heavy (non-hydrogen) atoms. The van der Waals surface area contributed by atoms with E-state index in [1.807, 2.05) is 6.07 Å². The van der Waals surface area contributed by atoms with E-state index in [9.17, 15) is 4.39 Å². The summed E-state index contributed by atoms with van der Waals surface area (Å²) in [7, 11) is 0. The molecular weight excluding hydrogens is 376 g/mol. The number of tetrazole rings is 1. The van der Waals surface area contributed by atoms with E-state index in [2.05, 4.69) is 20.4 Å². The number of hydrogen-bond donors (Lipinski definition) is 0. The molecule has 0 aliphatic heterocycles. The second kappa shape index (κ2) is 6.82. The molecule has 0 amide bonds. The summed E-state index contributed by atoms with van der Waals surface area (Å²) in [4.78, 5) is 5.42. The van der Waals surface area contributed by atoms with Gasteiger partial charge in [0.05, 0.1) is 5.69 Å². The van der Waals surface area contributed by atoms with Crippen molar-refractivity contribution in [2.24, 2.45) is 0 Å². The molecule has 2 aromatic carbocycles. The highest BCUT2D eigenvalue weighted by atomic mass is 35.5. The lowest BCUT2D eigenvalue weighted by Gasteiger charge is -2.08. The Morgan fingerprint density at radius 1 is 0.962 bits per heavy atom. The molecule has 5 nitrogen and oxygen atoms in total. The van der Waals surface area contributed by atoms with Gasteiger partial charge in [-0.15, -0.1) is 15.0 Å². The van der Waals surface area contributed by atoms with Crippen LogP contribution >= 0.6 is 23.2 Å². The average Bonchev–Trinajstić information content (AvgIpc) is 3.14. The average molecular weight is 386 g/mol. The number of nitrogens with zero attached hydrogens (tertiary/aromatic N) is 5. The molecule has 0 saturated carbocycles. The topological polar surface area (TPSA) is 56.5 Å². The van der Waals surface area contributed by atoms with Crippen molar-refractivity contribution in [2.75, 3.05) is 0 Å². The van der Waals surface area contributed by atoms with Crippen molar-refractivity contribution in [3.05, 3.63) is 76.7 Å². The van der Waals surface area contributed by atoms with E-state index < -0.39 is 5.82 Å². The van der Waals surface area contributed by atoms with Gasteiger partial charge in [0.2, 0.25) is 5.82 Å². The summed E-state index contributed by atoms with van der Waals surface area (Å²) < 4.78 is 14.2. The van der Waals surface area contributed by atoms with Gasteiger partial charge in [-0.2, -0.15) is 0 Å². The second-order valence-corrected chi connectivity index (χ2v) is 6.28. The number of rotatable bonds is 3. The fraction of sp³-hybridized carbons (Fsp3) is 0. The third kappa shape index (κ3) is 3.29. The predicted octanol–water partition coefficient (Wildman–Crippen LogP) is 4.84. The van der Waals surface area contributed by atoms with Crippen LogP contribution < -0.4 is 0 Å². The van der Waals surface area contributed by atoms with E-state index >= 15 is 0 Å². The normalized spacial score (nSPS) is 10.9. The van der Waals surface area contributed by atoms with Gasteiger partial charge in [-0.05, 0) is 53.2 Å². The molecule has 0 atom stereocenters. The van der Waals surface area contributed by atoms with Gasteiger partial charge in [-0.25, -0.2) is 4.39 Å². The van der Waals surface area contributed by atoms with Crippen LogP contribution in [-0.4, -0.2) is 25.2 Å². The van der Waals surface area contributed by atoms with Gasteiger partial charge in [0, 0.05) is 27.9 Å². The van der Waals surface area contributed by atoms with Crippen LogP contribution in [-0.2, 0) is 0 Å². The number of aromatic nitrogens is 5. The van der Waals surface area contributed by atoms with E-state index in [0.29, 0.717) is 38.4 Å². The lowest BCUT2D eigenvalue weighted by atomic mass is 10.0. The predicted molar refractivity (Wildman–Crippen MR) is 97.8 cm³/mol. The van der Waals surface area contributed by atoms with Gasteiger partial charge in [0.1, 0.15) is 11.5 Å². The summed E-state index contributed by atoms with van der Waals surface area (Å²) in [5, 5.41) is 13.2. The fourth-order valence-corrected chi connectivity index (χ4v) is 2.88. The molecule has 8 heteroatoms. The Bertz CT molecular complexity index is 1080. The third-order valence-electron chi connectivity index (χ3n) is 3.66. The largest absolute Gasteiger partial charge is 0.253 e. The first-order chi connectivity index (χ1) is 12.6. The molecule has 0 bridgehead atoms. The standard InChI is InChI=1S/C18H10Cl2FN5/c19-12-4-5-16(20)15(9-12)11-7-13(21)10-14(8-11)26-24-18(23-25-26)17-3-1-2-6-22-17/h1-10H. The molecule has 128 valence electrons. The number of pyridine rings is 1. The highest BCUT2D eigenvalue weighted by molar-refractivity contribution is 6.35. The highest BCUT2D eigenvalue weighted by Crippen LogP contribution is 2.32. The lowest BCUT2D eigenvalue weighted by Crippen LogP contribution is -2.00. The minimum atomic E-state index is -0.453. The van der Waals surface area contributed by atoms with E-state index in [0.717, 1.165) is 0 Å². The zero-order valence-corrected chi connectivity index (χ0v) is 14.7. The van der Waals surface area contributed by atoms with Crippen molar-refractivity contribution in [1.82, 2.24) is 25.2 Å². The van der Waals surface area contributed by atoms with Gasteiger partial charge < -0.3 is 0 Å². The van der Waals surface area contributed by atoms with Crippen molar-refractivity contribution in [2.45, 2.75) is 0 Å². The SMILES string of the molecule is Fc1cc(-c2cc(Cl)ccc2Cl)cc(-n2nnc(-c3ccccn3)n2)c1. The Labute approximate surface area is 158 Å². The van der Waals surface area contributed by atoms with E-state index in [-0.39, 0.29) is 0 Å². The molecule has 0 N–H and O–H groups in total. The summed E-state index contributed by atoms with van der Waals surface area (Å²) in [6, 6.07) is 14.8. The van der Waals surface area contributed by atoms with Crippen LogP contribution in [0.15, 0.2) is 60.8 Å². The molecule has 0 fully saturated rings. The molecule has 0 unspecified atom stereocenters. The molecule has 0 spiro atoms. The van der Waals surface area contributed by atoms with Gasteiger partial charge >= 0.3 is 0 Å². The van der Waals surface area contributed by atoms with Crippen LogP contribution in [0.5, 0.6) is 0 Å². The summed E-state index contributed by atoms with van der Waals surface area (Å²) in [6.45, 7) is 0. The van der Waals surface area contributed by atoms with Gasteiger partial charge in [-0.1, -0.05) is 29.3 Å². The molecule has 0 saturated heterocycles. The maximum Gasteiger partial charge on any atom is 0.223 e. The zero-order valence-electron chi connectivity index (χ0n) is 13.1. The third-order valence-corrected chi connectivity index (χ3v) is 4.23. The smallest absolute Gasteiger partial charge is 0.223 e. The Hall–Kier alpha value is -2.83. The van der Waals surface area contributed by atoms with Crippen LogP contribution in [0.1, 0.15) is 0 Å². The van der Waals surface area contributed by atoms with Crippen molar-refractivity contribution in [1.29, 1.82) is 0 Å². The van der Waals surface area contributed by atoms with Crippen molar-refractivity contribution >= 4 is 23.2 Å². The minimum Gasteiger partial charge on any atom is -0.253 e. The Morgan fingerprint density at radius 2 is 1.85 bits per heavy atom. The number of halogens is 3. The van der Waals surface area contributed by atoms with Crippen LogP contribution in [0.3, 0.4) is 0 Å². The Morgan fingerprint density at radius 3 is 2.65 bits per heavy atom. The Balaban J connectivity index is 1.78. The van der Waals surface area contributed by atoms with Gasteiger partial charge in [0.15, 0.2) is 0 Å². The molecule has 4 rings (SSSR count). The van der Waals surface area contributed by atoms with Crippen molar-refractivity contribution < 1.29 is 4.39 Å². The monoisotopic (exact) mass is 385 g/mol. The van der Waals surface area contributed by atoms with Crippen LogP contribution in [0, 0.1) is 5.82 Å². The van der Waals surface area contributed by atoms with E-state index in [1.54, 1.807) is 42.6 Å². The maximum atomic E-state index is 14.2. The van der Waals surface area contributed by atoms with Crippen LogP contribution in [0.2, 0.25) is 10.0 Å². The van der Waals surface area contributed by atoms with Crippen LogP contribution in [0.4, 0.5) is 4.39 Å². The molecule has 0 aliphatic rings. The van der Waals surface area contributed by atoms with E-state index in [4.69, 9.17) is 23.2 Å². The van der Waals surface area contributed by atoms with E-state index in [1.165, 1.54) is 16.9 Å². The van der Waals surface area contributed by atoms with Crippen molar-refractivity contribution in [3.63, 3.8) is 0 Å². The van der Waals surface area contributed by atoms with Gasteiger partial charge in [-0.3, -0.25) is 4.98 Å². The van der Waals surface area contributed by atoms with Crippen LogP contribution in [0.25, 0.3) is 28.3 Å². The number of benzene rings is 2. The van der Waals surface area contributed by atoms with Gasteiger partial charge in [0.25, 0.3) is 0 Å². The summed E-state index contributed by atoms with van der Waals surface area (Å²) in [5.41, 5.74) is 2.16. The molecule has 2 heterocycles. The maximum absolute atomic E-state index is 14.2. The second-order valence-electron chi connectivity index (χ2n) is 5.44. The number of hydrogen-bond acceptors (Lipinski definition) is 4. The molecule has 0 radical (unpaired) electrons. The summed E-state index contributed by atoms with van der Waals surface area (Å²) in [6.07, 6.45) is 1.64. The fourth-order valence-electron chi connectivity index (χ4n) is 2.49. The Kier molecular flexibility index (Phi) is 4.36. The first-order valence-electron chi connectivity index (χ1n) is 7.58. The first kappa shape index (κ1) is 16.6. The highest BCUT2D eigenvalue weighted by Gasteiger charge is 2.12. The quantitative estimate of drug-likeness (QED) is 0.506. The molecule has 0 aliphatic carbocycles. The molecular formula is C18H10Cl2FN5. The molecule has 2 aromatic heterocycles. The van der Waals surface area contributed by atoms with Crippen molar-refractivity contribution in [3.8, 4) is 28.3 Å². The summed E-state index contributed by atoms with van der Waals surface area (Å²) in [5.74, 6) is -0.109. The first-order valence-corrected chi connectivity index (χ1v) is 8.33. The molecule has 4 aromatic rings. The minimum absolute atomic E-state index is 0.345. The zero-order chi connectivity index (χ0) is 18.1.